The first-order chi connectivity index (χ1) is 10.6. The predicted octanol–water partition coefficient (Wildman–Crippen LogP) is 2.42. The number of anilines is 1. The van der Waals surface area contributed by atoms with Crippen molar-refractivity contribution in [1.82, 2.24) is 5.32 Å². The number of carbonyl (C=O) groups excluding carboxylic acids is 2. The Bertz CT molecular complexity index is 776. The fourth-order valence-electron chi connectivity index (χ4n) is 2.10. The molecule has 6 heteroatoms. The lowest BCUT2D eigenvalue weighted by Gasteiger charge is -2.28. The number of carbonyl (C=O) groups is 2. The normalized spacial score (nSPS) is 17.0. The minimum absolute atomic E-state index is 0.0240. The molecule has 0 saturated carbocycles. The summed E-state index contributed by atoms with van der Waals surface area (Å²) in [4.78, 5) is 25.9. The van der Waals surface area contributed by atoms with Crippen molar-refractivity contribution in [2.24, 2.45) is 0 Å². The van der Waals surface area contributed by atoms with Gasteiger partial charge in [-0.2, -0.15) is 0 Å². The lowest BCUT2D eigenvalue weighted by molar-refractivity contribution is -0.122. The number of thiocarbonyl (C=S) groups is 1. The van der Waals surface area contributed by atoms with Gasteiger partial charge in [0.1, 0.15) is 11.3 Å². The minimum atomic E-state index is -0.533. The van der Waals surface area contributed by atoms with Crippen molar-refractivity contribution in [1.29, 1.82) is 0 Å². The van der Waals surface area contributed by atoms with E-state index < -0.39 is 11.8 Å². The molecule has 1 N–H and O–H groups in total. The molecule has 2 aromatic rings. The van der Waals surface area contributed by atoms with Crippen LogP contribution in [0.1, 0.15) is 11.3 Å². The van der Waals surface area contributed by atoms with Crippen LogP contribution < -0.4 is 10.2 Å². The summed E-state index contributed by atoms with van der Waals surface area (Å²) in [7, 11) is 0. The van der Waals surface area contributed by atoms with E-state index in [1.165, 1.54) is 17.2 Å². The third kappa shape index (κ3) is 2.56. The number of hydrogen-bond donors (Lipinski definition) is 1. The Morgan fingerprint density at radius 3 is 2.55 bits per heavy atom. The molecule has 22 heavy (non-hydrogen) atoms. The van der Waals surface area contributed by atoms with Gasteiger partial charge in [-0.1, -0.05) is 17.7 Å². The highest BCUT2D eigenvalue weighted by Crippen LogP contribution is 2.22. The van der Waals surface area contributed by atoms with Gasteiger partial charge in [0.25, 0.3) is 11.8 Å². The third-order valence-electron chi connectivity index (χ3n) is 3.22. The maximum Gasteiger partial charge on any atom is 0.270 e. The van der Waals surface area contributed by atoms with Gasteiger partial charge in [0, 0.05) is 0 Å². The zero-order valence-electron chi connectivity index (χ0n) is 11.7. The highest BCUT2D eigenvalue weighted by atomic mass is 32.1. The Hall–Kier alpha value is -2.73. The maximum atomic E-state index is 12.6. The van der Waals surface area contributed by atoms with Gasteiger partial charge in [0.15, 0.2) is 5.11 Å². The molecule has 5 nitrogen and oxygen atoms in total. The van der Waals surface area contributed by atoms with Crippen LogP contribution >= 0.6 is 12.2 Å². The molecule has 1 aromatic carbocycles. The molecule has 0 aliphatic carbocycles. The van der Waals surface area contributed by atoms with Gasteiger partial charge in [-0.25, -0.2) is 0 Å². The van der Waals surface area contributed by atoms with E-state index in [4.69, 9.17) is 16.6 Å². The van der Waals surface area contributed by atoms with E-state index >= 15 is 0 Å². The number of amides is 2. The van der Waals surface area contributed by atoms with E-state index in [0.717, 1.165) is 5.56 Å². The number of hydrogen-bond acceptors (Lipinski definition) is 4. The van der Waals surface area contributed by atoms with E-state index in [1.54, 1.807) is 24.3 Å². The molecule has 0 spiro atoms. The first-order valence-corrected chi connectivity index (χ1v) is 6.99. The molecule has 1 fully saturated rings. The van der Waals surface area contributed by atoms with Crippen molar-refractivity contribution in [3.63, 3.8) is 0 Å². The van der Waals surface area contributed by atoms with Gasteiger partial charge in [-0.05, 0) is 49.5 Å². The van der Waals surface area contributed by atoms with E-state index in [1.807, 2.05) is 19.1 Å². The topological polar surface area (TPSA) is 62.6 Å². The molecule has 0 bridgehead atoms. The Labute approximate surface area is 132 Å². The summed E-state index contributed by atoms with van der Waals surface area (Å²) in [6.45, 7) is 1.95. The SMILES string of the molecule is Cc1ccc(N2C(=O)/C(=C\c3ccco3)C(=O)NC2=S)cc1. The fourth-order valence-corrected chi connectivity index (χ4v) is 2.38. The molecule has 3 rings (SSSR count). The Kier molecular flexibility index (Phi) is 3.60. The van der Waals surface area contributed by atoms with Gasteiger partial charge in [0.2, 0.25) is 0 Å². The lowest BCUT2D eigenvalue weighted by atomic mass is 10.1. The molecule has 0 unspecified atom stereocenters. The summed E-state index contributed by atoms with van der Waals surface area (Å²) < 4.78 is 5.16. The van der Waals surface area contributed by atoms with E-state index in [9.17, 15) is 9.59 Å². The highest BCUT2D eigenvalue weighted by Gasteiger charge is 2.34. The average Bonchev–Trinajstić information content (AvgIpc) is 2.98. The number of rotatable bonds is 2. The van der Waals surface area contributed by atoms with Crippen LogP contribution in [0.2, 0.25) is 0 Å². The maximum absolute atomic E-state index is 12.6. The van der Waals surface area contributed by atoms with Crippen LogP contribution in [0, 0.1) is 6.92 Å². The molecule has 110 valence electrons. The van der Waals surface area contributed by atoms with Crippen LogP contribution in [0.5, 0.6) is 0 Å². The molecule has 1 aromatic heterocycles. The molecule has 2 amide bonds. The first-order valence-electron chi connectivity index (χ1n) is 6.58. The zero-order valence-corrected chi connectivity index (χ0v) is 12.5. The van der Waals surface area contributed by atoms with Gasteiger partial charge >= 0.3 is 0 Å². The minimum Gasteiger partial charge on any atom is -0.465 e. The molecule has 0 atom stereocenters. The van der Waals surface area contributed by atoms with Crippen LogP contribution in [0.4, 0.5) is 5.69 Å². The van der Waals surface area contributed by atoms with Crippen LogP contribution in [0.15, 0.2) is 52.7 Å². The standard InChI is InChI=1S/C16H12N2O3S/c1-10-4-6-11(7-5-10)18-15(20)13(14(19)17-16(18)22)9-12-3-2-8-21-12/h2-9H,1H3,(H,17,19,22)/b13-9-. The third-order valence-corrected chi connectivity index (χ3v) is 3.51. The van der Waals surface area contributed by atoms with Crippen molar-refractivity contribution in [3.05, 3.63) is 59.6 Å². The summed E-state index contributed by atoms with van der Waals surface area (Å²) in [6.07, 6.45) is 2.88. The molecule has 1 aliphatic rings. The second kappa shape index (κ2) is 5.57. The van der Waals surface area contributed by atoms with Crippen LogP contribution in [-0.2, 0) is 9.59 Å². The Morgan fingerprint density at radius 2 is 1.91 bits per heavy atom. The van der Waals surface area contributed by atoms with Crippen LogP contribution in [-0.4, -0.2) is 16.9 Å². The number of nitrogens with zero attached hydrogens (tertiary/aromatic N) is 1. The van der Waals surface area contributed by atoms with Gasteiger partial charge in [-0.3, -0.25) is 19.8 Å². The van der Waals surface area contributed by atoms with E-state index in [2.05, 4.69) is 5.32 Å². The van der Waals surface area contributed by atoms with Crippen molar-refractivity contribution < 1.29 is 14.0 Å². The number of nitrogens with one attached hydrogen (secondary N) is 1. The van der Waals surface area contributed by atoms with Crippen molar-refractivity contribution in [3.8, 4) is 0 Å². The number of benzene rings is 1. The Balaban J connectivity index is 2.01. The van der Waals surface area contributed by atoms with Gasteiger partial charge < -0.3 is 4.42 Å². The molecule has 0 radical (unpaired) electrons. The number of furan rings is 1. The zero-order chi connectivity index (χ0) is 15.7. The van der Waals surface area contributed by atoms with Crippen LogP contribution in [0.3, 0.4) is 0 Å². The lowest BCUT2D eigenvalue weighted by Crippen LogP contribution is -2.54. The number of aryl methyl sites for hydroxylation is 1. The van der Waals surface area contributed by atoms with E-state index in [-0.39, 0.29) is 10.7 Å². The summed E-state index contributed by atoms with van der Waals surface area (Å²) in [5.74, 6) is -0.584. The van der Waals surface area contributed by atoms with E-state index in [0.29, 0.717) is 11.4 Å². The molecule has 1 saturated heterocycles. The second-order valence-corrected chi connectivity index (χ2v) is 5.20. The molecular weight excluding hydrogens is 300 g/mol. The smallest absolute Gasteiger partial charge is 0.270 e. The van der Waals surface area contributed by atoms with Crippen LogP contribution in [0.25, 0.3) is 6.08 Å². The second-order valence-electron chi connectivity index (χ2n) is 4.81. The fraction of sp³-hybridized carbons (Fsp3) is 0.0625. The Morgan fingerprint density at radius 1 is 1.18 bits per heavy atom. The van der Waals surface area contributed by atoms with Crippen molar-refractivity contribution >= 4 is 40.9 Å². The summed E-state index contributed by atoms with van der Waals surface area (Å²) in [5.41, 5.74) is 1.64. The summed E-state index contributed by atoms with van der Waals surface area (Å²) in [5, 5.41) is 2.59. The van der Waals surface area contributed by atoms with Crippen molar-refractivity contribution in [2.45, 2.75) is 6.92 Å². The van der Waals surface area contributed by atoms with Gasteiger partial charge in [-0.15, -0.1) is 0 Å². The molecule has 1 aliphatic heterocycles. The highest BCUT2D eigenvalue weighted by molar-refractivity contribution is 7.80. The predicted molar refractivity (Wildman–Crippen MR) is 86.1 cm³/mol. The first kappa shape index (κ1) is 14.2. The quantitative estimate of drug-likeness (QED) is 0.525. The van der Waals surface area contributed by atoms with Crippen molar-refractivity contribution in [2.75, 3.05) is 4.90 Å². The molecule has 2 heterocycles. The average molecular weight is 312 g/mol. The summed E-state index contributed by atoms with van der Waals surface area (Å²) in [6, 6.07) is 10.6. The van der Waals surface area contributed by atoms with Gasteiger partial charge in [0.05, 0.1) is 12.0 Å². The monoisotopic (exact) mass is 312 g/mol. The largest absolute Gasteiger partial charge is 0.465 e. The summed E-state index contributed by atoms with van der Waals surface area (Å²) >= 11 is 5.12. The molecular formula is C16H12N2O3S.